The van der Waals surface area contributed by atoms with E-state index in [0.29, 0.717) is 48.2 Å². The molecule has 2 aromatic carbocycles. The van der Waals surface area contributed by atoms with Crippen molar-refractivity contribution >= 4 is 17.7 Å². The smallest absolute Gasteiger partial charge is 0.257 e. The summed E-state index contributed by atoms with van der Waals surface area (Å²) in [5.74, 6) is 2.20. The average molecular weight is 524 g/mol. The predicted molar refractivity (Wildman–Crippen MR) is 149 cm³/mol. The van der Waals surface area contributed by atoms with E-state index in [2.05, 4.69) is 6.07 Å². The maximum Gasteiger partial charge on any atom is 0.257 e. The van der Waals surface area contributed by atoms with E-state index in [1.54, 1.807) is 30.7 Å². The molecule has 198 valence electrons. The minimum absolute atomic E-state index is 0.0116. The van der Waals surface area contributed by atoms with Gasteiger partial charge in [-0.3, -0.25) is 14.2 Å². The number of benzene rings is 2. The lowest BCUT2D eigenvalue weighted by Crippen LogP contribution is -2.28. The number of carbonyl (C=O) groups is 1. The van der Waals surface area contributed by atoms with Gasteiger partial charge in [0.1, 0.15) is 0 Å². The Labute approximate surface area is 223 Å². The molecule has 0 saturated heterocycles. The molecule has 0 N–H and O–H groups in total. The number of nitrogens with zero attached hydrogens (tertiary/aromatic N) is 3. The van der Waals surface area contributed by atoms with E-state index in [1.807, 2.05) is 57.3 Å². The predicted octanol–water partition coefficient (Wildman–Crippen LogP) is 4.58. The molecule has 0 aliphatic rings. The number of ether oxygens (including phenoxy) is 2. The van der Waals surface area contributed by atoms with Crippen molar-refractivity contribution in [1.82, 2.24) is 14.5 Å². The van der Waals surface area contributed by atoms with Crippen molar-refractivity contribution in [2.24, 2.45) is 7.05 Å². The first-order chi connectivity index (χ1) is 17.7. The zero-order valence-electron chi connectivity index (χ0n) is 22.7. The second-order valence-corrected chi connectivity index (χ2v) is 10.3. The molecule has 0 atom stereocenters. The van der Waals surface area contributed by atoms with Gasteiger partial charge in [-0.1, -0.05) is 47.7 Å². The molecule has 0 aliphatic carbocycles. The van der Waals surface area contributed by atoms with Gasteiger partial charge in [0.25, 0.3) is 5.56 Å². The van der Waals surface area contributed by atoms with E-state index in [0.717, 1.165) is 28.8 Å². The Bertz CT molecular complexity index is 1290. The normalized spacial score (nSPS) is 10.9. The lowest BCUT2D eigenvalue weighted by atomic mass is 10.0. The summed E-state index contributed by atoms with van der Waals surface area (Å²) >= 11 is 1.52. The number of amides is 1. The van der Waals surface area contributed by atoms with E-state index in [4.69, 9.17) is 14.5 Å². The largest absolute Gasteiger partial charge is 0.493 e. The summed E-state index contributed by atoms with van der Waals surface area (Å²) in [5.41, 5.74) is 4.84. The Kier molecular flexibility index (Phi) is 10.2. The van der Waals surface area contributed by atoms with Gasteiger partial charge in [-0.2, -0.15) is 0 Å². The topological polar surface area (TPSA) is 73.7 Å². The molecule has 37 heavy (non-hydrogen) atoms. The van der Waals surface area contributed by atoms with Crippen LogP contribution in [0.1, 0.15) is 40.8 Å². The Morgan fingerprint density at radius 3 is 2.51 bits per heavy atom. The van der Waals surface area contributed by atoms with Crippen LogP contribution in [0.5, 0.6) is 11.5 Å². The molecule has 1 aromatic heterocycles. The van der Waals surface area contributed by atoms with Gasteiger partial charge in [-0.15, -0.1) is 0 Å². The lowest BCUT2D eigenvalue weighted by molar-refractivity contribution is -0.129. The third-order valence-corrected chi connectivity index (χ3v) is 7.51. The molecule has 1 amide bonds. The molecule has 3 aromatic rings. The van der Waals surface area contributed by atoms with Gasteiger partial charge in [-0.25, -0.2) is 4.98 Å². The summed E-state index contributed by atoms with van der Waals surface area (Å²) in [5, 5.41) is 0.685. The summed E-state index contributed by atoms with van der Waals surface area (Å²) in [4.78, 5) is 32.1. The van der Waals surface area contributed by atoms with Crippen molar-refractivity contribution in [1.29, 1.82) is 0 Å². The molecule has 0 saturated carbocycles. The fourth-order valence-electron chi connectivity index (χ4n) is 4.12. The third-order valence-electron chi connectivity index (χ3n) is 6.39. The third kappa shape index (κ3) is 7.61. The van der Waals surface area contributed by atoms with Crippen LogP contribution in [0.25, 0.3) is 0 Å². The Morgan fingerprint density at radius 1 is 1.05 bits per heavy atom. The number of carbonyl (C=O) groups excluding carboxylic acids is 1. The maximum atomic E-state index is 13.0. The van der Waals surface area contributed by atoms with Crippen LogP contribution in [0.4, 0.5) is 0 Å². The number of hydrogen-bond donors (Lipinski definition) is 0. The number of aryl methyl sites for hydroxylation is 2. The highest BCUT2D eigenvalue weighted by Gasteiger charge is 2.14. The summed E-state index contributed by atoms with van der Waals surface area (Å²) < 4.78 is 12.3. The number of methoxy groups -OCH3 is 2. The minimum Gasteiger partial charge on any atom is -0.493 e. The van der Waals surface area contributed by atoms with Crippen molar-refractivity contribution in [3.63, 3.8) is 0 Å². The second kappa shape index (κ2) is 13.3. The first-order valence-electron chi connectivity index (χ1n) is 12.4. The van der Waals surface area contributed by atoms with Crippen LogP contribution >= 0.6 is 11.8 Å². The first kappa shape index (κ1) is 28.3. The quantitative estimate of drug-likeness (QED) is 0.197. The standard InChI is InChI=1S/C29H37N3O4S/c1-20-9-7-10-23(17-20)18-24-21(2)30-29(32(4)28(24)34)37-16-8-11-27(33)31(3)15-14-22-12-13-25(35-5)26(19-22)36-6/h7,9-10,12-13,17,19H,8,11,14-16,18H2,1-6H3. The van der Waals surface area contributed by atoms with Crippen molar-refractivity contribution in [2.45, 2.75) is 44.7 Å². The zero-order chi connectivity index (χ0) is 26.9. The van der Waals surface area contributed by atoms with Crippen LogP contribution in [-0.2, 0) is 24.7 Å². The lowest BCUT2D eigenvalue weighted by Gasteiger charge is -2.18. The van der Waals surface area contributed by atoms with Crippen LogP contribution in [0, 0.1) is 13.8 Å². The van der Waals surface area contributed by atoms with Crippen LogP contribution in [0.15, 0.2) is 52.4 Å². The number of likely N-dealkylation sites (N-methyl/N-ethyl adjacent to an activating group) is 1. The number of thioether (sulfide) groups is 1. The Balaban J connectivity index is 1.49. The second-order valence-electron chi connectivity index (χ2n) is 9.19. The van der Waals surface area contributed by atoms with Crippen LogP contribution in [0.3, 0.4) is 0 Å². The summed E-state index contributed by atoms with van der Waals surface area (Å²) in [6.45, 7) is 4.57. The monoisotopic (exact) mass is 523 g/mol. The average Bonchev–Trinajstić information content (AvgIpc) is 2.89. The summed E-state index contributed by atoms with van der Waals surface area (Å²) in [6.07, 6.45) is 2.47. The molecule has 0 fully saturated rings. The van der Waals surface area contributed by atoms with Gasteiger partial charge in [0, 0.05) is 50.5 Å². The number of aromatic nitrogens is 2. The molecule has 0 aliphatic heterocycles. The molecule has 3 rings (SSSR count). The molecular formula is C29H37N3O4S. The SMILES string of the molecule is COc1ccc(CCN(C)C(=O)CCCSc2nc(C)c(Cc3cccc(C)c3)c(=O)n2C)cc1OC. The minimum atomic E-state index is -0.0116. The highest BCUT2D eigenvalue weighted by atomic mass is 32.2. The zero-order valence-corrected chi connectivity index (χ0v) is 23.5. The van der Waals surface area contributed by atoms with Gasteiger partial charge in [0.15, 0.2) is 16.7 Å². The molecule has 0 spiro atoms. The number of rotatable bonds is 12. The highest BCUT2D eigenvalue weighted by molar-refractivity contribution is 7.99. The molecule has 8 heteroatoms. The van der Waals surface area contributed by atoms with E-state index in [1.165, 1.54) is 17.3 Å². The highest BCUT2D eigenvalue weighted by Crippen LogP contribution is 2.27. The van der Waals surface area contributed by atoms with E-state index in [9.17, 15) is 9.59 Å². The van der Waals surface area contributed by atoms with E-state index in [-0.39, 0.29) is 11.5 Å². The molecule has 0 bridgehead atoms. The Morgan fingerprint density at radius 2 is 1.81 bits per heavy atom. The van der Waals surface area contributed by atoms with Crippen LogP contribution in [-0.4, -0.2) is 53.9 Å². The van der Waals surface area contributed by atoms with Gasteiger partial charge in [-0.05, 0) is 49.9 Å². The fourth-order valence-corrected chi connectivity index (χ4v) is 5.07. The van der Waals surface area contributed by atoms with Gasteiger partial charge in [0.2, 0.25) is 5.91 Å². The molecule has 1 heterocycles. The summed E-state index contributed by atoms with van der Waals surface area (Å²) in [6, 6.07) is 14.0. The van der Waals surface area contributed by atoms with Gasteiger partial charge >= 0.3 is 0 Å². The molecule has 0 radical (unpaired) electrons. The van der Waals surface area contributed by atoms with Crippen LogP contribution < -0.4 is 15.0 Å². The van der Waals surface area contributed by atoms with E-state index < -0.39 is 0 Å². The summed E-state index contributed by atoms with van der Waals surface area (Å²) in [7, 11) is 6.83. The Hall–Kier alpha value is -3.26. The van der Waals surface area contributed by atoms with Gasteiger partial charge < -0.3 is 14.4 Å². The fraction of sp³-hybridized carbons (Fsp3) is 0.414. The maximum absolute atomic E-state index is 13.0. The van der Waals surface area contributed by atoms with Crippen molar-refractivity contribution < 1.29 is 14.3 Å². The first-order valence-corrected chi connectivity index (χ1v) is 13.4. The molecule has 0 unspecified atom stereocenters. The molecule has 7 nitrogen and oxygen atoms in total. The van der Waals surface area contributed by atoms with Crippen molar-refractivity contribution in [3.8, 4) is 11.5 Å². The van der Waals surface area contributed by atoms with Gasteiger partial charge in [0.05, 0.1) is 14.2 Å². The van der Waals surface area contributed by atoms with Crippen molar-refractivity contribution in [2.75, 3.05) is 33.6 Å². The van der Waals surface area contributed by atoms with E-state index >= 15 is 0 Å². The van der Waals surface area contributed by atoms with Crippen molar-refractivity contribution in [3.05, 3.63) is 80.8 Å². The molecular weight excluding hydrogens is 486 g/mol. The number of hydrogen-bond acceptors (Lipinski definition) is 6. The van der Waals surface area contributed by atoms with Crippen LogP contribution in [0.2, 0.25) is 0 Å².